The molecule has 1 unspecified atom stereocenters. The minimum Gasteiger partial charge on any atom is -0.388 e. The van der Waals surface area contributed by atoms with Gasteiger partial charge in [-0.15, -0.1) is 0 Å². The van der Waals surface area contributed by atoms with Crippen molar-refractivity contribution in [1.29, 1.82) is 0 Å². The van der Waals surface area contributed by atoms with Crippen LogP contribution in [0.15, 0.2) is 0 Å². The molecule has 0 bridgehead atoms. The molecule has 3 fully saturated rings. The molecule has 2 amide bonds. The first-order valence-electron chi connectivity index (χ1n) is 10.4. The number of hydrogen-bond acceptors (Lipinski definition) is 3. The largest absolute Gasteiger partial charge is 0.388 e. The van der Waals surface area contributed by atoms with Crippen LogP contribution in [-0.4, -0.2) is 46.6 Å². The minimum atomic E-state index is -0.754. The van der Waals surface area contributed by atoms with Crippen molar-refractivity contribution in [2.45, 2.75) is 95.1 Å². The summed E-state index contributed by atoms with van der Waals surface area (Å²) in [5, 5.41) is 13.6. The first-order valence-corrected chi connectivity index (χ1v) is 10.4. The zero-order chi connectivity index (χ0) is 17.7. The quantitative estimate of drug-likeness (QED) is 0.766. The summed E-state index contributed by atoms with van der Waals surface area (Å²) in [7, 11) is 0. The molecule has 1 aliphatic heterocycles. The van der Waals surface area contributed by atoms with Crippen LogP contribution in [0.3, 0.4) is 0 Å². The number of carbonyl (C=O) groups excluding carboxylic acids is 2. The summed E-state index contributed by atoms with van der Waals surface area (Å²) < 4.78 is 0. The SMILES string of the molecule is O=C(NCC1(O)CCCCCC1)C1CC(=O)N(C2CCCCCC2)C1. The van der Waals surface area contributed by atoms with Crippen molar-refractivity contribution in [3.8, 4) is 0 Å². The number of carbonyl (C=O) groups is 2. The summed E-state index contributed by atoms with van der Waals surface area (Å²) in [6, 6.07) is 0.332. The van der Waals surface area contributed by atoms with E-state index in [9.17, 15) is 14.7 Å². The highest BCUT2D eigenvalue weighted by Gasteiger charge is 2.38. The second-order valence-electron chi connectivity index (χ2n) is 8.45. The third-order valence-electron chi connectivity index (χ3n) is 6.42. The normalized spacial score (nSPS) is 28.4. The Labute approximate surface area is 151 Å². The number of likely N-dealkylation sites (tertiary alicyclic amines) is 1. The van der Waals surface area contributed by atoms with Crippen LogP contribution in [0.5, 0.6) is 0 Å². The van der Waals surface area contributed by atoms with Crippen LogP contribution in [0.25, 0.3) is 0 Å². The Morgan fingerprint density at radius 1 is 1.04 bits per heavy atom. The van der Waals surface area contributed by atoms with E-state index in [1.807, 2.05) is 4.90 Å². The minimum absolute atomic E-state index is 0.0536. The summed E-state index contributed by atoms with van der Waals surface area (Å²) in [4.78, 5) is 26.9. The highest BCUT2D eigenvalue weighted by atomic mass is 16.3. The van der Waals surface area contributed by atoms with Gasteiger partial charge in [0.1, 0.15) is 0 Å². The summed E-state index contributed by atoms with van der Waals surface area (Å²) >= 11 is 0. The van der Waals surface area contributed by atoms with Crippen molar-refractivity contribution >= 4 is 11.8 Å². The van der Waals surface area contributed by atoms with Crippen LogP contribution in [0.1, 0.15) is 83.5 Å². The molecule has 1 saturated heterocycles. The molecule has 1 atom stereocenters. The van der Waals surface area contributed by atoms with Crippen LogP contribution in [0.4, 0.5) is 0 Å². The van der Waals surface area contributed by atoms with Gasteiger partial charge in [0.2, 0.25) is 11.8 Å². The molecule has 0 aromatic heterocycles. The van der Waals surface area contributed by atoms with Gasteiger partial charge in [-0.1, -0.05) is 51.4 Å². The van der Waals surface area contributed by atoms with Crippen molar-refractivity contribution in [2.75, 3.05) is 13.1 Å². The van der Waals surface area contributed by atoms with E-state index in [0.29, 0.717) is 25.6 Å². The smallest absolute Gasteiger partial charge is 0.225 e. The monoisotopic (exact) mass is 350 g/mol. The molecule has 2 N–H and O–H groups in total. The molecule has 25 heavy (non-hydrogen) atoms. The molecule has 3 aliphatic rings. The fourth-order valence-electron chi connectivity index (χ4n) is 4.79. The standard InChI is InChI=1S/C20H34N2O3/c23-18-13-16(14-22(18)17-9-5-1-2-6-10-17)19(24)21-15-20(25)11-7-3-4-8-12-20/h16-17,25H,1-15H2,(H,21,24). The van der Waals surface area contributed by atoms with Crippen molar-refractivity contribution < 1.29 is 14.7 Å². The maximum Gasteiger partial charge on any atom is 0.225 e. The van der Waals surface area contributed by atoms with E-state index in [2.05, 4.69) is 5.32 Å². The van der Waals surface area contributed by atoms with Crippen molar-refractivity contribution in [3.63, 3.8) is 0 Å². The van der Waals surface area contributed by atoms with Crippen LogP contribution in [-0.2, 0) is 9.59 Å². The van der Waals surface area contributed by atoms with Crippen molar-refractivity contribution in [1.82, 2.24) is 10.2 Å². The Morgan fingerprint density at radius 3 is 2.28 bits per heavy atom. The summed E-state index contributed by atoms with van der Waals surface area (Å²) in [5.74, 6) is -0.160. The molecule has 1 heterocycles. The lowest BCUT2D eigenvalue weighted by molar-refractivity contribution is -0.130. The fourth-order valence-corrected chi connectivity index (χ4v) is 4.79. The number of nitrogens with one attached hydrogen (secondary N) is 1. The molecule has 0 aromatic carbocycles. The molecule has 142 valence electrons. The van der Waals surface area contributed by atoms with E-state index in [4.69, 9.17) is 0 Å². The van der Waals surface area contributed by atoms with Crippen LogP contribution < -0.4 is 5.32 Å². The summed E-state index contributed by atoms with van der Waals surface area (Å²) in [6.45, 7) is 0.897. The van der Waals surface area contributed by atoms with E-state index in [0.717, 1.165) is 38.5 Å². The second kappa shape index (κ2) is 8.52. The molecule has 0 radical (unpaired) electrons. The van der Waals surface area contributed by atoms with Gasteiger partial charge >= 0.3 is 0 Å². The molecular weight excluding hydrogens is 316 g/mol. The van der Waals surface area contributed by atoms with Gasteiger partial charge in [-0.2, -0.15) is 0 Å². The molecule has 0 spiro atoms. The molecule has 2 aliphatic carbocycles. The molecule has 0 aromatic rings. The van der Waals surface area contributed by atoms with Gasteiger partial charge in [-0.25, -0.2) is 0 Å². The molecule has 2 saturated carbocycles. The van der Waals surface area contributed by atoms with Gasteiger partial charge < -0.3 is 15.3 Å². The van der Waals surface area contributed by atoms with E-state index in [1.54, 1.807) is 0 Å². The van der Waals surface area contributed by atoms with Gasteiger partial charge in [0.15, 0.2) is 0 Å². The predicted octanol–water partition coefficient (Wildman–Crippen LogP) is 2.76. The lowest BCUT2D eigenvalue weighted by Gasteiger charge is -2.28. The van der Waals surface area contributed by atoms with Crippen molar-refractivity contribution in [3.05, 3.63) is 0 Å². The van der Waals surface area contributed by atoms with Crippen LogP contribution in [0.2, 0.25) is 0 Å². The lowest BCUT2D eigenvalue weighted by atomic mass is 9.94. The lowest BCUT2D eigenvalue weighted by Crippen LogP contribution is -2.45. The molecular formula is C20H34N2O3. The Balaban J connectivity index is 1.50. The van der Waals surface area contributed by atoms with Gasteiger partial charge in [0.25, 0.3) is 0 Å². The summed E-state index contributed by atoms with van der Waals surface area (Å²) in [6.07, 6.45) is 13.4. The van der Waals surface area contributed by atoms with E-state index >= 15 is 0 Å². The molecule has 5 heteroatoms. The zero-order valence-corrected chi connectivity index (χ0v) is 15.5. The van der Waals surface area contributed by atoms with Gasteiger partial charge in [-0.05, 0) is 25.7 Å². The predicted molar refractivity (Wildman–Crippen MR) is 97.0 cm³/mol. The van der Waals surface area contributed by atoms with Gasteiger partial charge in [-0.3, -0.25) is 9.59 Å². The van der Waals surface area contributed by atoms with Gasteiger partial charge in [0.05, 0.1) is 11.5 Å². The third-order valence-corrected chi connectivity index (χ3v) is 6.42. The fraction of sp³-hybridized carbons (Fsp3) is 0.900. The second-order valence-corrected chi connectivity index (χ2v) is 8.45. The van der Waals surface area contributed by atoms with E-state index in [1.165, 1.54) is 38.5 Å². The Hall–Kier alpha value is -1.10. The first-order chi connectivity index (χ1) is 12.1. The highest BCUT2D eigenvalue weighted by molar-refractivity contribution is 5.89. The Kier molecular flexibility index (Phi) is 6.37. The van der Waals surface area contributed by atoms with Crippen LogP contribution in [0, 0.1) is 5.92 Å². The average Bonchev–Trinajstić information content (AvgIpc) is 2.79. The van der Waals surface area contributed by atoms with Gasteiger partial charge in [0, 0.05) is 25.6 Å². The Morgan fingerprint density at radius 2 is 1.64 bits per heavy atom. The third kappa shape index (κ3) is 4.96. The number of hydrogen-bond donors (Lipinski definition) is 2. The number of nitrogens with zero attached hydrogens (tertiary/aromatic N) is 1. The van der Waals surface area contributed by atoms with Crippen LogP contribution >= 0.6 is 0 Å². The highest BCUT2D eigenvalue weighted by Crippen LogP contribution is 2.29. The van der Waals surface area contributed by atoms with E-state index in [-0.39, 0.29) is 17.7 Å². The topological polar surface area (TPSA) is 69.6 Å². The van der Waals surface area contributed by atoms with Crippen molar-refractivity contribution in [2.24, 2.45) is 5.92 Å². The number of rotatable bonds is 4. The summed E-state index contributed by atoms with van der Waals surface area (Å²) in [5.41, 5.74) is -0.754. The maximum atomic E-state index is 12.6. The Bertz CT molecular complexity index is 464. The number of aliphatic hydroxyl groups is 1. The first kappa shape index (κ1) is 18.7. The van der Waals surface area contributed by atoms with E-state index < -0.39 is 5.60 Å². The number of amides is 2. The zero-order valence-electron chi connectivity index (χ0n) is 15.5. The molecule has 3 rings (SSSR count). The average molecular weight is 351 g/mol. The molecule has 5 nitrogen and oxygen atoms in total. The maximum absolute atomic E-state index is 12.6.